The van der Waals surface area contributed by atoms with Crippen LogP contribution in [0.25, 0.3) is 16.0 Å². The number of hydrogen-bond acceptors (Lipinski definition) is 4. The van der Waals surface area contributed by atoms with Crippen LogP contribution in [-0.4, -0.2) is 14.5 Å². The molecular formula is C13H9Cl2N3OS. The number of aromatic nitrogens is 3. The number of thiazole rings is 1. The van der Waals surface area contributed by atoms with Gasteiger partial charge in [0, 0.05) is 16.1 Å². The molecule has 0 saturated carbocycles. The molecule has 4 nitrogen and oxygen atoms in total. The zero-order valence-corrected chi connectivity index (χ0v) is 13.0. The Balaban J connectivity index is 2.43. The van der Waals surface area contributed by atoms with Gasteiger partial charge in [0.15, 0.2) is 5.13 Å². The van der Waals surface area contributed by atoms with Gasteiger partial charge in [-0.1, -0.05) is 23.2 Å². The summed E-state index contributed by atoms with van der Waals surface area (Å²) in [6, 6.07) is 3.16. The van der Waals surface area contributed by atoms with Crippen molar-refractivity contribution in [2.75, 3.05) is 0 Å². The first-order chi connectivity index (χ1) is 9.47. The van der Waals surface area contributed by atoms with Gasteiger partial charge < -0.3 is 0 Å². The molecule has 0 atom stereocenters. The van der Waals surface area contributed by atoms with Gasteiger partial charge in [-0.25, -0.2) is 14.5 Å². The van der Waals surface area contributed by atoms with Crippen LogP contribution in [0.1, 0.15) is 10.7 Å². The van der Waals surface area contributed by atoms with Crippen molar-refractivity contribution in [1.82, 2.24) is 14.5 Å². The largest absolute Gasteiger partial charge is 0.268 e. The topological polar surface area (TPSA) is 47.8 Å². The van der Waals surface area contributed by atoms with Crippen molar-refractivity contribution in [2.45, 2.75) is 13.8 Å². The lowest BCUT2D eigenvalue weighted by Crippen LogP contribution is -2.22. The predicted molar refractivity (Wildman–Crippen MR) is 82.5 cm³/mol. The molecule has 0 saturated heterocycles. The van der Waals surface area contributed by atoms with Gasteiger partial charge >= 0.3 is 0 Å². The van der Waals surface area contributed by atoms with Crippen LogP contribution in [-0.2, 0) is 0 Å². The lowest BCUT2D eigenvalue weighted by molar-refractivity contribution is 0.884. The maximum atomic E-state index is 12.6. The summed E-state index contributed by atoms with van der Waals surface area (Å²) in [6.07, 6.45) is 1.72. The Hall–Kier alpha value is -1.43. The van der Waals surface area contributed by atoms with Crippen molar-refractivity contribution in [2.24, 2.45) is 0 Å². The molecule has 0 radical (unpaired) electrons. The van der Waals surface area contributed by atoms with E-state index < -0.39 is 0 Å². The highest BCUT2D eigenvalue weighted by molar-refractivity contribution is 7.14. The molecule has 7 heteroatoms. The standard InChI is InChI=1S/C13H9Cl2N3OS/c1-6-5-16-13(20-6)18-7(2)17-11-9(12(18)19)3-8(14)4-10(11)15/h3-5H,1-2H3. The number of hydrogen-bond donors (Lipinski definition) is 0. The molecule has 0 aliphatic carbocycles. The van der Waals surface area contributed by atoms with Crippen LogP contribution in [0.2, 0.25) is 10.0 Å². The number of rotatable bonds is 1. The van der Waals surface area contributed by atoms with Crippen molar-refractivity contribution in [3.63, 3.8) is 0 Å². The van der Waals surface area contributed by atoms with Crippen molar-refractivity contribution in [1.29, 1.82) is 0 Å². The fourth-order valence-electron chi connectivity index (χ4n) is 1.99. The summed E-state index contributed by atoms with van der Waals surface area (Å²) in [5.41, 5.74) is 0.245. The summed E-state index contributed by atoms with van der Waals surface area (Å²) in [5.74, 6) is 0.543. The number of nitrogens with zero attached hydrogens (tertiary/aromatic N) is 3. The first-order valence-electron chi connectivity index (χ1n) is 5.78. The molecule has 0 spiro atoms. The van der Waals surface area contributed by atoms with E-state index in [0.717, 1.165) is 4.88 Å². The van der Waals surface area contributed by atoms with Gasteiger partial charge in [0.05, 0.1) is 15.9 Å². The van der Waals surface area contributed by atoms with Crippen molar-refractivity contribution >= 4 is 45.4 Å². The van der Waals surface area contributed by atoms with Gasteiger partial charge in [-0.3, -0.25) is 4.79 Å². The summed E-state index contributed by atoms with van der Waals surface area (Å²) in [6.45, 7) is 3.69. The molecule has 0 unspecified atom stereocenters. The quantitative estimate of drug-likeness (QED) is 0.684. The molecule has 0 bridgehead atoms. The van der Waals surface area contributed by atoms with Crippen LogP contribution in [0.15, 0.2) is 23.1 Å². The van der Waals surface area contributed by atoms with Gasteiger partial charge in [-0.05, 0) is 26.0 Å². The number of benzene rings is 1. The molecule has 1 aromatic carbocycles. The predicted octanol–water partition coefficient (Wildman–Crippen LogP) is 3.77. The lowest BCUT2D eigenvalue weighted by Gasteiger charge is -2.08. The van der Waals surface area contributed by atoms with E-state index in [1.165, 1.54) is 15.9 Å². The van der Waals surface area contributed by atoms with E-state index in [1.807, 2.05) is 6.92 Å². The Kier molecular flexibility index (Phi) is 3.28. The van der Waals surface area contributed by atoms with Crippen LogP contribution in [0, 0.1) is 13.8 Å². The van der Waals surface area contributed by atoms with Gasteiger partial charge in [0.1, 0.15) is 5.82 Å². The summed E-state index contributed by atoms with van der Waals surface area (Å²) in [4.78, 5) is 22.3. The third-order valence-electron chi connectivity index (χ3n) is 2.86. The fourth-order valence-corrected chi connectivity index (χ4v) is 3.33. The molecule has 102 valence electrons. The van der Waals surface area contributed by atoms with E-state index in [4.69, 9.17) is 23.2 Å². The van der Waals surface area contributed by atoms with E-state index in [2.05, 4.69) is 9.97 Å². The molecule has 0 aliphatic rings. The average molecular weight is 326 g/mol. The molecule has 0 fully saturated rings. The highest BCUT2D eigenvalue weighted by Crippen LogP contribution is 2.25. The monoisotopic (exact) mass is 325 g/mol. The van der Waals surface area contributed by atoms with Gasteiger partial charge in [-0.2, -0.15) is 0 Å². The average Bonchev–Trinajstić information content (AvgIpc) is 2.78. The maximum Gasteiger partial charge on any atom is 0.267 e. The molecule has 2 heterocycles. The molecule has 0 aliphatic heterocycles. The Morgan fingerprint density at radius 2 is 2.00 bits per heavy atom. The van der Waals surface area contributed by atoms with Crippen molar-refractivity contribution < 1.29 is 0 Å². The molecule has 3 rings (SSSR count). The molecule has 0 N–H and O–H groups in total. The van der Waals surface area contributed by atoms with Crippen LogP contribution < -0.4 is 5.56 Å². The summed E-state index contributed by atoms with van der Waals surface area (Å²) >= 11 is 13.5. The van der Waals surface area contributed by atoms with E-state index in [-0.39, 0.29) is 5.56 Å². The minimum Gasteiger partial charge on any atom is -0.268 e. The van der Waals surface area contributed by atoms with Crippen LogP contribution >= 0.6 is 34.5 Å². The SMILES string of the molecule is Cc1cnc(-n2c(C)nc3c(Cl)cc(Cl)cc3c2=O)s1. The molecule has 20 heavy (non-hydrogen) atoms. The third kappa shape index (κ3) is 2.12. The summed E-state index contributed by atoms with van der Waals surface area (Å²) in [5, 5.41) is 1.76. The second-order valence-corrected chi connectivity index (χ2v) is 6.39. The number of aryl methyl sites for hydroxylation is 2. The molecule has 3 aromatic rings. The Morgan fingerprint density at radius 3 is 2.65 bits per heavy atom. The Labute approximate surface area is 128 Å². The van der Waals surface area contributed by atoms with E-state index in [9.17, 15) is 4.79 Å². The zero-order chi connectivity index (χ0) is 14.4. The highest BCUT2D eigenvalue weighted by Gasteiger charge is 2.14. The lowest BCUT2D eigenvalue weighted by atomic mass is 10.2. The molecule has 2 aromatic heterocycles. The van der Waals surface area contributed by atoms with Gasteiger partial charge in [0.2, 0.25) is 0 Å². The normalized spacial score (nSPS) is 11.2. The molecule has 0 amide bonds. The van der Waals surface area contributed by atoms with Crippen LogP contribution in [0.3, 0.4) is 0 Å². The minimum absolute atomic E-state index is 0.216. The Bertz CT molecular complexity index is 885. The Morgan fingerprint density at radius 1 is 1.25 bits per heavy atom. The highest BCUT2D eigenvalue weighted by atomic mass is 35.5. The zero-order valence-electron chi connectivity index (χ0n) is 10.6. The van der Waals surface area contributed by atoms with Gasteiger partial charge in [0.25, 0.3) is 5.56 Å². The summed E-state index contributed by atoms with van der Waals surface area (Å²) in [7, 11) is 0. The maximum absolute atomic E-state index is 12.6. The third-order valence-corrected chi connectivity index (χ3v) is 4.26. The van der Waals surface area contributed by atoms with Crippen molar-refractivity contribution in [3.8, 4) is 5.13 Å². The first-order valence-corrected chi connectivity index (χ1v) is 7.36. The second-order valence-electron chi connectivity index (χ2n) is 4.34. The number of halogens is 2. The number of fused-ring (bicyclic) bond motifs is 1. The van der Waals surface area contributed by atoms with E-state index >= 15 is 0 Å². The molecular weight excluding hydrogens is 317 g/mol. The van der Waals surface area contributed by atoms with Crippen LogP contribution in [0.5, 0.6) is 0 Å². The van der Waals surface area contributed by atoms with Gasteiger partial charge in [-0.15, -0.1) is 11.3 Å². The second kappa shape index (κ2) is 4.84. The smallest absolute Gasteiger partial charge is 0.267 e. The van der Waals surface area contributed by atoms with Crippen molar-refractivity contribution in [3.05, 3.63) is 49.4 Å². The fraction of sp³-hybridized carbons (Fsp3) is 0.154. The van der Waals surface area contributed by atoms with Crippen LogP contribution in [0.4, 0.5) is 0 Å². The van der Waals surface area contributed by atoms with E-state index in [0.29, 0.717) is 31.9 Å². The van der Waals surface area contributed by atoms with E-state index in [1.54, 1.807) is 25.3 Å². The first kappa shape index (κ1) is 13.5. The summed E-state index contributed by atoms with van der Waals surface area (Å²) < 4.78 is 1.48. The minimum atomic E-state index is -0.216.